The van der Waals surface area contributed by atoms with Gasteiger partial charge in [0.2, 0.25) is 0 Å². The summed E-state index contributed by atoms with van der Waals surface area (Å²) in [6.45, 7) is 0. The first-order chi connectivity index (χ1) is 9.20. The summed E-state index contributed by atoms with van der Waals surface area (Å²) in [5.41, 5.74) is 1.01. The lowest BCUT2D eigenvalue weighted by Crippen LogP contribution is -2.22. The van der Waals surface area contributed by atoms with E-state index < -0.39 is 0 Å². The molecule has 2 rings (SSSR count). The predicted molar refractivity (Wildman–Crippen MR) is 78.9 cm³/mol. The van der Waals surface area contributed by atoms with Gasteiger partial charge in [0, 0.05) is 11.4 Å². The second kappa shape index (κ2) is 7.16. The van der Waals surface area contributed by atoms with Crippen LogP contribution in [0.2, 0.25) is 5.02 Å². The van der Waals surface area contributed by atoms with Crippen molar-refractivity contribution in [2.45, 2.75) is 51.0 Å². The zero-order valence-electron chi connectivity index (χ0n) is 11.6. The van der Waals surface area contributed by atoms with Gasteiger partial charge in [0.1, 0.15) is 5.75 Å². The Balaban J connectivity index is 2.04. The molecule has 0 bridgehead atoms. The molecule has 1 saturated carbocycles. The topological polar surface area (TPSA) is 29.5 Å². The molecule has 0 heterocycles. The number of halogens is 1. The molecule has 2 nitrogen and oxygen atoms in total. The number of aliphatic hydroxyl groups is 1. The van der Waals surface area contributed by atoms with Crippen LogP contribution in [0.25, 0.3) is 0 Å². The summed E-state index contributed by atoms with van der Waals surface area (Å²) < 4.78 is 5.34. The molecule has 0 spiro atoms. The van der Waals surface area contributed by atoms with E-state index in [0.717, 1.165) is 24.2 Å². The minimum Gasteiger partial charge on any atom is -0.496 e. The van der Waals surface area contributed by atoms with Crippen LogP contribution in [0.5, 0.6) is 5.75 Å². The molecule has 0 aromatic heterocycles. The standard InChI is InChI=1S/C16H23ClO2/c1-19-16-9-8-14(17)10-13(16)11-15(18)12-6-4-2-3-5-7-12/h8-10,12,15,18H,2-7,11H2,1H3. The highest BCUT2D eigenvalue weighted by atomic mass is 35.5. The lowest BCUT2D eigenvalue weighted by atomic mass is 9.90. The van der Waals surface area contributed by atoms with Crippen molar-refractivity contribution in [2.24, 2.45) is 5.92 Å². The molecule has 1 aromatic carbocycles. The van der Waals surface area contributed by atoms with Gasteiger partial charge in [-0.15, -0.1) is 0 Å². The summed E-state index contributed by atoms with van der Waals surface area (Å²) in [4.78, 5) is 0. The van der Waals surface area contributed by atoms with Crippen molar-refractivity contribution in [1.82, 2.24) is 0 Å². The molecule has 1 atom stereocenters. The van der Waals surface area contributed by atoms with E-state index in [0.29, 0.717) is 17.4 Å². The van der Waals surface area contributed by atoms with Gasteiger partial charge in [-0.3, -0.25) is 0 Å². The van der Waals surface area contributed by atoms with E-state index in [9.17, 15) is 5.11 Å². The van der Waals surface area contributed by atoms with Crippen LogP contribution in [0.3, 0.4) is 0 Å². The summed E-state index contributed by atoms with van der Waals surface area (Å²) in [6, 6.07) is 5.60. The predicted octanol–water partition coefficient (Wildman–Crippen LogP) is 4.22. The average Bonchev–Trinajstić information content (AvgIpc) is 2.68. The first-order valence-corrected chi connectivity index (χ1v) is 7.59. The number of rotatable bonds is 4. The largest absolute Gasteiger partial charge is 0.496 e. The summed E-state index contributed by atoms with van der Waals surface area (Å²) in [7, 11) is 1.66. The molecule has 1 fully saturated rings. The van der Waals surface area contributed by atoms with Gasteiger partial charge >= 0.3 is 0 Å². The fourth-order valence-corrected chi connectivity index (χ4v) is 3.19. The minimum absolute atomic E-state index is 0.287. The van der Waals surface area contributed by atoms with E-state index in [2.05, 4.69) is 0 Å². The molecule has 1 unspecified atom stereocenters. The van der Waals surface area contributed by atoms with E-state index in [1.807, 2.05) is 18.2 Å². The summed E-state index contributed by atoms with van der Waals surface area (Å²) in [6.07, 6.45) is 7.74. The number of ether oxygens (including phenoxy) is 1. The summed E-state index contributed by atoms with van der Waals surface area (Å²) in [5, 5.41) is 11.2. The second-order valence-corrected chi connectivity index (χ2v) is 5.92. The molecule has 19 heavy (non-hydrogen) atoms. The van der Waals surface area contributed by atoms with Crippen LogP contribution in [0.15, 0.2) is 18.2 Å². The molecule has 0 amide bonds. The van der Waals surface area contributed by atoms with Crippen molar-refractivity contribution < 1.29 is 9.84 Å². The van der Waals surface area contributed by atoms with Gasteiger partial charge < -0.3 is 9.84 Å². The lowest BCUT2D eigenvalue weighted by Gasteiger charge is -2.22. The number of benzene rings is 1. The van der Waals surface area contributed by atoms with Crippen LogP contribution in [-0.2, 0) is 6.42 Å². The van der Waals surface area contributed by atoms with Crippen LogP contribution in [-0.4, -0.2) is 18.3 Å². The van der Waals surface area contributed by atoms with Crippen LogP contribution in [0.1, 0.15) is 44.1 Å². The summed E-state index contributed by atoms with van der Waals surface area (Å²) in [5.74, 6) is 1.24. The van der Waals surface area contributed by atoms with Gasteiger partial charge in [0.25, 0.3) is 0 Å². The SMILES string of the molecule is COc1ccc(Cl)cc1CC(O)C1CCCCCC1. The van der Waals surface area contributed by atoms with E-state index in [4.69, 9.17) is 16.3 Å². The first-order valence-electron chi connectivity index (χ1n) is 7.21. The summed E-state index contributed by atoms with van der Waals surface area (Å²) >= 11 is 6.03. The third kappa shape index (κ3) is 4.12. The molecule has 0 saturated heterocycles. The van der Waals surface area contributed by atoms with Crippen LogP contribution in [0.4, 0.5) is 0 Å². The van der Waals surface area contributed by atoms with Crippen molar-refractivity contribution in [3.8, 4) is 5.75 Å². The molecule has 106 valence electrons. The Morgan fingerprint density at radius 1 is 1.26 bits per heavy atom. The second-order valence-electron chi connectivity index (χ2n) is 5.48. The Labute approximate surface area is 120 Å². The highest BCUT2D eigenvalue weighted by Gasteiger charge is 2.22. The highest BCUT2D eigenvalue weighted by molar-refractivity contribution is 6.30. The molecule has 0 radical (unpaired) electrons. The molecule has 0 aliphatic heterocycles. The van der Waals surface area contributed by atoms with E-state index in [1.54, 1.807) is 7.11 Å². The third-order valence-corrected chi connectivity index (χ3v) is 4.35. The minimum atomic E-state index is -0.287. The number of aliphatic hydroxyl groups excluding tert-OH is 1. The molecule has 1 aromatic rings. The molecule has 3 heteroatoms. The highest BCUT2D eigenvalue weighted by Crippen LogP contribution is 2.30. The zero-order valence-corrected chi connectivity index (χ0v) is 12.3. The zero-order chi connectivity index (χ0) is 13.7. The Bertz CT molecular complexity index is 398. The fraction of sp³-hybridized carbons (Fsp3) is 0.625. The van der Waals surface area contributed by atoms with Gasteiger partial charge in [0.05, 0.1) is 13.2 Å². The Kier molecular flexibility index (Phi) is 5.53. The van der Waals surface area contributed by atoms with Gasteiger partial charge in [0.15, 0.2) is 0 Å². The van der Waals surface area contributed by atoms with E-state index in [1.165, 1.54) is 25.7 Å². The van der Waals surface area contributed by atoms with Gasteiger partial charge in [-0.2, -0.15) is 0 Å². The third-order valence-electron chi connectivity index (χ3n) is 4.12. The smallest absolute Gasteiger partial charge is 0.122 e. The maximum atomic E-state index is 10.5. The normalized spacial score (nSPS) is 18.9. The van der Waals surface area contributed by atoms with Gasteiger partial charge in [-0.05, 0) is 42.5 Å². The number of hydrogen-bond donors (Lipinski definition) is 1. The van der Waals surface area contributed by atoms with Crippen molar-refractivity contribution in [3.05, 3.63) is 28.8 Å². The first kappa shape index (κ1) is 14.7. The van der Waals surface area contributed by atoms with Gasteiger partial charge in [-0.25, -0.2) is 0 Å². The van der Waals surface area contributed by atoms with Crippen LogP contribution in [0, 0.1) is 5.92 Å². The molecule has 1 N–H and O–H groups in total. The Hall–Kier alpha value is -0.730. The van der Waals surface area contributed by atoms with Gasteiger partial charge in [-0.1, -0.05) is 37.3 Å². The molecule has 1 aliphatic rings. The van der Waals surface area contributed by atoms with Crippen LogP contribution >= 0.6 is 11.6 Å². The molecular formula is C16H23ClO2. The maximum absolute atomic E-state index is 10.5. The average molecular weight is 283 g/mol. The Morgan fingerprint density at radius 2 is 1.95 bits per heavy atom. The lowest BCUT2D eigenvalue weighted by molar-refractivity contribution is 0.0979. The number of hydrogen-bond acceptors (Lipinski definition) is 2. The van der Waals surface area contributed by atoms with Crippen molar-refractivity contribution in [1.29, 1.82) is 0 Å². The quantitative estimate of drug-likeness (QED) is 0.838. The van der Waals surface area contributed by atoms with E-state index >= 15 is 0 Å². The van der Waals surface area contributed by atoms with Crippen LogP contribution < -0.4 is 4.74 Å². The van der Waals surface area contributed by atoms with Crippen molar-refractivity contribution in [2.75, 3.05) is 7.11 Å². The molecule has 1 aliphatic carbocycles. The monoisotopic (exact) mass is 282 g/mol. The van der Waals surface area contributed by atoms with E-state index in [-0.39, 0.29) is 6.10 Å². The Morgan fingerprint density at radius 3 is 2.58 bits per heavy atom. The van der Waals surface area contributed by atoms with Crippen molar-refractivity contribution in [3.63, 3.8) is 0 Å². The fourth-order valence-electron chi connectivity index (χ4n) is 2.99. The molecular weight excluding hydrogens is 260 g/mol. The van der Waals surface area contributed by atoms with Crippen molar-refractivity contribution >= 4 is 11.6 Å². The maximum Gasteiger partial charge on any atom is 0.122 e. The number of methoxy groups -OCH3 is 1.